The van der Waals surface area contributed by atoms with Crippen LogP contribution in [0.4, 0.5) is 5.95 Å². The lowest BCUT2D eigenvalue weighted by atomic mass is 9.98. The minimum atomic E-state index is -0.0705. The Labute approximate surface area is 143 Å². The van der Waals surface area contributed by atoms with E-state index in [-0.39, 0.29) is 11.9 Å². The van der Waals surface area contributed by atoms with Crippen LogP contribution < -0.4 is 4.90 Å². The van der Waals surface area contributed by atoms with Gasteiger partial charge in [-0.25, -0.2) is 9.97 Å². The molecule has 0 spiro atoms. The highest BCUT2D eigenvalue weighted by Gasteiger charge is 2.27. The molecule has 0 bridgehead atoms. The second kappa shape index (κ2) is 8.39. The van der Waals surface area contributed by atoms with Crippen LogP contribution >= 0.6 is 0 Å². The summed E-state index contributed by atoms with van der Waals surface area (Å²) in [7, 11) is 0. The summed E-state index contributed by atoms with van der Waals surface area (Å²) in [6.07, 6.45) is 3.75. The Morgan fingerprint density at radius 1 is 1.38 bits per heavy atom. The van der Waals surface area contributed by atoms with Gasteiger partial charge < -0.3 is 14.4 Å². The molecule has 1 aromatic heterocycles. The molecule has 0 amide bonds. The SMILES string of the molecule is CCOC(=O)C1CCCN(Cc2ccnc(N3CCOCC3)n2)C1. The smallest absolute Gasteiger partial charge is 0.310 e. The van der Waals surface area contributed by atoms with Crippen LogP contribution in [-0.2, 0) is 20.8 Å². The zero-order chi connectivity index (χ0) is 16.8. The van der Waals surface area contributed by atoms with Crippen molar-refractivity contribution in [3.63, 3.8) is 0 Å². The number of hydrogen-bond acceptors (Lipinski definition) is 7. The highest BCUT2D eigenvalue weighted by molar-refractivity contribution is 5.72. The number of carbonyl (C=O) groups excluding carboxylic acids is 1. The van der Waals surface area contributed by atoms with Crippen LogP contribution in [0.2, 0.25) is 0 Å². The Morgan fingerprint density at radius 2 is 2.21 bits per heavy atom. The Kier molecular flexibility index (Phi) is 5.98. The predicted octanol–water partition coefficient (Wildman–Crippen LogP) is 1.09. The molecular weight excluding hydrogens is 308 g/mol. The van der Waals surface area contributed by atoms with Crippen LogP contribution in [0.1, 0.15) is 25.5 Å². The van der Waals surface area contributed by atoms with Gasteiger partial charge in [-0.1, -0.05) is 0 Å². The fourth-order valence-corrected chi connectivity index (χ4v) is 3.27. The van der Waals surface area contributed by atoms with Crippen molar-refractivity contribution in [3.8, 4) is 0 Å². The second-order valence-corrected chi connectivity index (χ2v) is 6.27. The van der Waals surface area contributed by atoms with E-state index in [2.05, 4.69) is 14.8 Å². The van der Waals surface area contributed by atoms with E-state index >= 15 is 0 Å². The first kappa shape index (κ1) is 17.1. The first-order valence-electron chi connectivity index (χ1n) is 8.80. The lowest BCUT2D eigenvalue weighted by Crippen LogP contribution is -2.39. The van der Waals surface area contributed by atoms with Gasteiger partial charge in [0, 0.05) is 32.4 Å². The van der Waals surface area contributed by atoms with Crippen LogP contribution in [0.5, 0.6) is 0 Å². The van der Waals surface area contributed by atoms with Gasteiger partial charge in [0.2, 0.25) is 5.95 Å². The number of rotatable bonds is 5. The molecule has 0 aromatic carbocycles. The number of esters is 1. The minimum absolute atomic E-state index is 0.0146. The molecule has 24 heavy (non-hydrogen) atoms. The van der Waals surface area contributed by atoms with Crippen LogP contribution in [0.15, 0.2) is 12.3 Å². The highest BCUT2D eigenvalue weighted by atomic mass is 16.5. The molecule has 2 fully saturated rings. The number of piperidine rings is 1. The molecule has 0 radical (unpaired) electrons. The van der Waals surface area contributed by atoms with E-state index in [0.29, 0.717) is 6.61 Å². The third-order valence-corrected chi connectivity index (χ3v) is 4.51. The van der Waals surface area contributed by atoms with E-state index < -0.39 is 0 Å². The first-order chi connectivity index (χ1) is 11.8. The van der Waals surface area contributed by atoms with Gasteiger partial charge >= 0.3 is 5.97 Å². The van der Waals surface area contributed by atoms with Crippen molar-refractivity contribution in [1.82, 2.24) is 14.9 Å². The second-order valence-electron chi connectivity index (χ2n) is 6.27. The van der Waals surface area contributed by atoms with Gasteiger partial charge in [-0.2, -0.15) is 0 Å². The molecule has 1 atom stereocenters. The molecule has 7 heteroatoms. The number of nitrogens with zero attached hydrogens (tertiary/aromatic N) is 4. The van der Waals surface area contributed by atoms with E-state index in [1.807, 2.05) is 19.2 Å². The fourth-order valence-electron chi connectivity index (χ4n) is 3.27. The van der Waals surface area contributed by atoms with E-state index in [0.717, 1.165) is 70.4 Å². The van der Waals surface area contributed by atoms with Crippen molar-refractivity contribution in [2.45, 2.75) is 26.3 Å². The number of morpholine rings is 1. The molecule has 7 nitrogen and oxygen atoms in total. The van der Waals surface area contributed by atoms with Crippen molar-refractivity contribution >= 4 is 11.9 Å². The maximum absolute atomic E-state index is 12.0. The van der Waals surface area contributed by atoms with Gasteiger partial charge in [0.1, 0.15) is 0 Å². The first-order valence-corrected chi connectivity index (χ1v) is 8.80. The van der Waals surface area contributed by atoms with Crippen molar-refractivity contribution < 1.29 is 14.3 Å². The molecule has 0 saturated carbocycles. The number of aromatic nitrogens is 2. The number of ether oxygens (including phenoxy) is 2. The monoisotopic (exact) mass is 334 g/mol. The van der Waals surface area contributed by atoms with Crippen molar-refractivity contribution in [2.75, 3.05) is 50.9 Å². The normalized spacial score (nSPS) is 22.4. The topological polar surface area (TPSA) is 67.8 Å². The lowest BCUT2D eigenvalue weighted by molar-refractivity contribution is -0.150. The third kappa shape index (κ3) is 4.42. The Morgan fingerprint density at radius 3 is 3.00 bits per heavy atom. The molecular formula is C17H26N4O3. The summed E-state index contributed by atoms with van der Waals surface area (Å²) in [5, 5.41) is 0. The molecule has 0 N–H and O–H groups in total. The molecule has 2 saturated heterocycles. The maximum atomic E-state index is 12.0. The van der Waals surface area contributed by atoms with E-state index in [4.69, 9.17) is 14.5 Å². The van der Waals surface area contributed by atoms with Gasteiger partial charge in [-0.05, 0) is 32.4 Å². The van der Waals surface area contributed by atoms with Crippen molar-refractivity contribution in [2.24, 2.45) is 5.92 Å². The number of hydrogen-bond donors (Lipinski definition) is 0. The van der Waals surface area contributed by atoms with E-state index in [1.165, 1.54) is 0 Å². The molecule has 2 aliphatic rings. The molecule has 1 aromatic rings. The van der Waals surface area contributed by atoms with Gasteiger partial charge in [-0.15, -0.1) is 0 Å². The summed E-state index contributed by atoms with van der Waals surface area (Å²) in [4.78, 5) is 25.5. The largest absolute Gasteiger partial charge is 0.466 e. The van der Waals surface area contributed by atoms with Gasteiger partial charge in [-0.3, -0.25) is 9.69 Å². The zero-order valence-electron chi connectivity index (χ0n) is 14.3. The minimum Gasteiger partial charge on any atom is -0.466 e. The van der Waals surface area contributed by atoms with E-state index in [1.54, 1.807) is 0 Å². The highest BCUT2D eigenvalue weighted by Crippen LogP contribution is 2.20. The summed E-state index contributed by atoms with van der Waals surface area (Å²) in [6, 6.07) is 1.96. The van der Waals surface area contributed by atoms with Crippen molar-refractivity contribution in [1.29, 1.82) is 0 Å². The molecule has 1 unspecified atom stereocenters. The van der Waals surface area contributed by atoms with Crippen molar-refractivity contribution in [3.05, 3.63) is 18.0 Å². The molecule has 2 aliphatic heterocycles. The van der Waals surface area contributed by atoms with Gasteiger partial charge in [0.15, 0.2) is 0 Å². The lowest BCUT2D eigenvalue weighted by Gasteiger charge is -2.31. The van der Waals surface area contributed by atoms with Crippen LogP contribution in [0.25, 0.3) is 0 Å². The zero-order valence-corrected chi connectivity index (χ0v) is 14.3. The summed E-state index contributed by atoms with van der Waals surface area (Å²) in [5.41, 5.74) is 0.996. The fraction of sp³-hybridized carbons (Fsp3) is 0.706. The molecule has 3 heterocycles. The average Bonchev–Trinajstić information content (AvgIpc) is 2.63. The van der Waals surface area contributed by atoms with Gasteiger partial charge in [0.25, 0.3) is 0 Å². The third-order valence-electron chi connectivity index (χ3n) is 4.51. The maximum Gasteiger partial charge on any atom is 0.310 e. The summed E-state index contributed by atoms with van der Waals surface area (Å²) in [6.45, 7) is 7.90. The van der Waals surface area contributed by atoms with Gasteiger partial charge in [0.05, 0.1) is 31.4 Å². The molecule has 132 valence electrons. The average molecular weight is 334 g/mol. The number of likely N-dealkylation sites (tertiary alicyclic amines) is 1. The standard InChI is InChI=1S/C17H26N4O3/c1-2-24-16(22)14-4-3-7-20(12-14)13-15-5-6-18-17(19-15)21-8-10-23-11-9-21/h5-6,14H,2-4,7-13H2,1H3. The molecule has 3 rings (SSSR count). The Hall–Kier alpha value is -1.73. The number of anilines is 1. The van der Waals surface area contributed by atoms with E-state index in [9.17, 15) is 4.79 Å². The van der Waals surface area contributed by atoms with Crippen LogP contribution in [-0.4, -0.2) is 66.8 Å². The molecule has 0 aliphatic carbocycles. The summed E-state index contributed by atoms with van der Waals surface area (Å²) < 4.78 is 10.5. The quantitative estimate of drug-likeness (QED) is 0.747. The van der Waals surface area contributed by atoms with Crippen LogP contribution in [0.3, 0.4) is 0 Å². The Bertz CT molecular complexity index is 548. The van der Waals surface area contributed by atoms with Crippen LogP contribution in [0, 0.1) is 5.92 Å². The predicted molar refractivity (Wildman–Crippen MR) is 89.7 cm³/mol. The number of carbonyl (C=O) groups is 1. The summed E-state index contributed by atoms with van der Waals surface area (Å²) in [5.74, 6) is 0.688. The Balaban J connectivity index is 1.59. The summed E-state index contributed by atoms with van der Waals surface area (Å²) >= 11 is 0.